The highest BCUT2D eigenvalue weighted by molar-refractivity contribution is 7.98. The molecule has 0 fully saturated rings. The van der Waals surface area contributed by atoms with E-state index in [2.05, 4.69) is 16.2 Å². The summed E-state index contributed by atoms with van der Waals surface area (Å²) in [5.41, 5.74) is 4.17. The second-order valence-corrected chi connectivity index (χ2v) is 4.47. The molecule has 0 saturated carbocycles. The van der Waals surface area contributed by atoms with E-state index in [1.54, 1.807) is 0 Å². The number of hydrogen-bond acceptors (Lipinski definition) is 3. The van der Waals surface area contributed by atoms with Gasteiger partial charge in [-0.25, -0.2) is 9.97 Å². The summed E-state index contributed by atoms with van der Waals surface area (Å²) in [4.78, 5) is 9.19. The average molecular weight is 218 g/mol. The Labute approximate surface area is 94.1 Å². The van der Waals surface area contributed by atoms with Crippen LogP contribution in [0.5, 0.6) is 0 Å². The highest BCUT2D eigenvalue weighted by Gasteiger charge is 2.03. The second-order valence-electron chi connectivity index (χ2n) is 3.49. The number of para-hydroxylation sites is 2. The van der Waals surface area contributed by atoms with Crippen molar-refractivity contribution in [3.05, 3.63) is 35.7 Å². The number of rotatable bonds is 3. The number of benzene rings is 1. The Balaban J connectivity index is 2.43. The Hall–Kier alpha value is -1.09. The van der Waals surface area contributed by atoms with E-state index in [9.17, 15) is 0 Å². The van der Waals surface area contributed by atoms with E-state index in [1.165, 1.54) is 0 Å². The first-order valence-electron chi connectivity index (χ1n) is 5.02. The van der Waals surface area contributed by atoms with Gasteiger partial charge in [-0.15, -0.1) is 0 Å². The van der Waals surface area contributed by atoms with Crippen LogP contribution in [0.4, 0.5) is 0 Å². The largest absolute Gasteiger partial charge is 0.250 e. The van der Waals surface area contributed by atoms with Crippen LogP contribution in [0.25, 0.3) is 11.0 Å². The fourth-order valence-electron chi connectivity index (χ4n) is 1.56. The SMILES string of the molecule is CSCCc1nc2ccccc2nc1C. The molecule has 1 aromatic heterocycles. The Morgan fingerprint density at radius 2 is 1.80 bits per heavy atom. The van der Waals surface area contributed by atoms with Gasteiger partial charge in [0.25, 0.3) is 0 Å². The first-order chi connectivity index (χ1) is 7.31. The number of thioether (sulfide) groups is 1. The highest BCUT2D eigenvalue weighted by Crippen LogP contribution is 2.13. The van der Waals surface area contributed by atoms with Gasteiger partial charge in [-0.1, -0.05) is 12.1 Å². The van der Waals surface area contributed by atoms with Gasteiger partial charge in [-0.3, -0.25) is 0 Å². The second kappa shape index (κ2) is 4.62. The van der Waals surface area contributed by atoms with Crippen LogP contribution >= 0.6 is 11.8 Å². The van der Waals surface area contributed by atoms with Gasteiger partial charge in [-0.05, 0) is 31.1 Å². The molecule has 3 heteroatoms. The highest BCUT2D eigenvalue weighted by atomic mass is 32.2. The van der Waals surface area contributed by atoms with Gasteiger partial charge in [0.05, 0.1) is 22.4 Å². The van der Waals surface area contributed by atoms with E-state index in [4.69, 9.17) is 0 Å². The van der Waals surface area contributed by atoms with Gasteiger partial charge >= 0.3 is 0 Å². The average Bonchev–Trinajstić information content (AvgIpc) is 2.26. The summed E-state index contributed by atoms with van der Waals surface area (Å²) in [6.45, 7) is 2.04. The quantitative estimate of drug-likeness (QED) is 0.792. The molecule has 0 aliphatic heterocycles. The molecule has 0 amide bonds. The normalized spacial score (nSPS) is 10.8. The monoisotopic (exact) mass is 218 g/mol. The molecule has 78 valence electrons. The number of fused-ring (bicyclic) bond motifs is 1. The Bertz CT molecular complexity index is 468. The predicted octanol–water partition coefficient (Wildman–Crippen LogP) is 2.84. The first-order valence-corrected chi connectivity index (χ1v) is 6.42. The minimum atomic E-state index is 0.989. The minimum absolute atomic E-state index is 0.989. The third-order valence-electron chi connectivity index (χ3n) is 2.39. The zero-order valence-corrected chi connectivity index (χ0v) is 9.84. The summed E-state index contributed by atoms with van der Waals surface area (Å²) in [5.74, 6) is 1.11. The van der Waals surface area contributed by atoms with Crippen LogP contribution in [-0.4, -0.2) is 22.0 Å². The van der Waals surface area contributed by atoms with E-state index in [0.717, 1.165) is 34.6 Å². The van der Waals surface area contributed by atoms with E-state index in [0.29, 0.717) is 0 Å². The molecule has 0 spiro atoms. The molecule has 2 nitrogen and oxygen atoms in total. The predicted molar refractivity (Wildman–Crippen MR) is 66.4 cm³/mol. The summed E-state index contributed by atoms with van der Waals surface area (Å²) >= 11 is 1.84. The van der Waals surface area contributed by atoms with Crippen molar-refractivity contribution < 1.29 is 0 Å². The Kier molecular flexibility index (Phi) is 3.21. The zero-order valence-electron chi connectivity index (χ0n) is 9.03. The van der Waals surface area contributed by atoms with Crippen LogP contribution in [0.1, 0.15) is 11.4 Å². The molecule has 1 heterocycles. The van der Waals surface area contributed by atoms with Crippen LogP contribution in [0.15, 0.2) is 24.3 Å². The molecular formula is C12H14N2S. The molecule has 1 aromatic carbocycles. The Morgan fingerprint density at radius 1 is 1.13 bits per heavy atom. The van der Waals surface area contributed by atoms with Crippen molar-refractivity contribution in [3.8, 4) is 0 Å². The van der Waals surface area contributed by atoms with Crippen LogP contribution < -0.4 is 0 Å². The summed E-state index contributed by atoms with van der Waals surface area (Å²) in [7, 11) is 0. The van der Waals surface area contributed by atoms with E-state index < -0.39 is 0 Å². The molecule has 15 heavy (non-hydrogen) atoms. The van der Waals surface area contributed by atoms with E-state index in [-0.39, 0.29) is 0 Å². The van der Waals surface area contributed by atoms with Crippen molar-refractivity contribution in [2.45, 2.75) is 13.3 Å². The number of aryl methyl sites for hydroxylation is 2. The topological polar surface area (TPSA) is 25.8 Å². The van der Waals surface area contributed by atoms with E-state index >= 15 is 0 Å². The molecule has 0 aliphatic carbocycles. The molecular weight excluding hydrogens is 204 g/mol. The minimum Gasteiger partial charge on any atom is -0.250 e. The van der Waals surface area contributed by atoms with Gasteiger partial charge in [0.2, 0.25) is 0 Å². The first kappa shape index (κ1) is 10.4. The van der Waals surface area contributed by atoms with Crippen molar-refractivity contribution in [2.24, 2.45) is 0 Å². The van der Waals surface area contributed by atoms with Gasteiger partial charge < -0.3 is 0 Å². The lowest BCUT2D eigenvalue weighted by atomic mass is 10.2. The third-order valence-corrected chi connectivity index (χ3v) is 3.00. The fraction of sp³-hybridized carbons (Fsp3) is 0.333. The summed E-state index contributed by atoms with van der Waals surface area (Å²) in [6.07, 6.45) is 3.12. The van der Waals surface area contributed by atoms with Crippen molar-refractivity contribution in [1.29, 1.82) is 0 Å². The van der Waals surface area contributed by atoms with Gasteiger partial charge in [-0.2, -0.15) is 11.8 Å². The van der Waals surface area contributed by atoms with Gasteiger partial charge in [0.15, 0.2) is 0 Å². The van der Waals surface area contributed by atoms with Crippen molar-refractivity contribution >= 4 is 22.8 Å². The maximum Gasteiger partial charge on any atom is 0.0890 e. The van der Waals surface area contributed by atoms with Gasteiger partial charge in [0, 0.05) is 6.42 Å². The summed E-state index contributed by atoms with van der Waals surface area (Å²) < 4.78 is 0. The lowest BCUT2D eigenvalue weighted by Gasteiger charge is -2.05. The van der Waals surface area contributed by atoms with Crippen molar-refractivity contribution in [3.63, 3.8) is 0 Å². The molecule has 0 saturated heterocycles. The molecule has 0 bridgehead atoms. The lowest BCUT2D eigenvalue weighted by molar-refractivity contribution is 0.998. The zero-order chi connectivity index (χ0) is 10.7. The number of aromatic nitrogens is 2. The molecule has 0 atom stereocenters. The molecule has 0 radical (unpaired) electrons. The Morgan fingerprint density at radius 3 is 2.47 bits per heavy atom. The molecule has 2 aromatic rings. The van der Waals surface area contributed by atoms with Crippen LogP contribution in [0, 0.1) is 6.92 Å². The molecule has 0 N–H and O–H groups in total. The van der Waals surface area contributed by atoms with Gasteiger partial charge in [0.1, 0.15) is 0 Å². The van der Waals surface area contributed by atoms with Crippen LogP contribution in [0.2, 0.25) is 0 Å². The third kappa shape index (κ3) is 2.29. The van der Waals surface area contributed by atoms with Crippen LogP contribution in [-0.2, 0) is 6.42 Å². The lowest BCUT2D eigenvalue weighted by Crippen LogP contribution is -1.99. The fourth-order valence-corrected chi connectivity index (χ4v) is 1.96. The summed E-state index contributed by atoms with van der Waals surface area (Å²) in [6, 6.07) is 8.03. The van der Waals surface area contributed by atoms with E-state index in [1.807, 2.05) is 43.0 Å². The maximum atomic E-state index is 4.64. The number of hydrogen-bond donors (Lipinski definition) is 0. The standard InChI is InChI=1S/C12H14N2S/c1-9-10(7-8-15-2)14-12-6-4-3-5-11(12)13-9/h3-6H,7-8H2,1-2H3. The smallest absolute Gasteiger partial charge is 0.0890 e. The summed E-state index contributed by atoms with van der Waals surface area (Å²) in [5, 5.41) is 0. The maximum absolute atomic E-state index is 4.64. The van der Waals surface area contributed by atoms with Crippen molar-refractivity contribution in [2.75, 3.05) is 12.0 Å². The molecule has 0 unspecified atom stereocenters. The molecule has 0 aliphatic rings. The van der Waals surface area contributed by atoms with Crippen LogP contribution in [0.3, 0.4) is 0 Å². The van der Waals surface area contributed by atoms with Crippen molar-refractivity contribution in [1.82, 2.24) is 9.97 Å². The number of nitrogens with zero attached hydrogens (tertiary/aromatic N) is 2. The molecule has 2 rings (SSSR count).